The molecule has 1 unspecified atom stereocenters. The minimum Gasteiger partial charge on any atom is -0.341 e. The summed E-state index contributed by atoms with van der Waals surface area (Å²) in [6.07, 6.45) is 2.51. The maximum Gasteiger partial charge on any atom is 0.125 e. The Morgan fingerprint density at radius 3 is 2.34 bits per heavy atom. The number of nitrogens with one attached hydrogen (secondary N) is 3. The Hall–Kier alpha value is -3.66. The Labute approximate surface area is 238 Å². The van der Waals surface area contributed by atoms with Gasteiger partial charge in [0.2, 0.25) is 0 Å². The highest BCUT2D eigenvalue weighted by molar-refractivity contribution is 14.1. The van der Waals surface area contributed by atoms with E-state index in [0.29, 0.717) is 5.56 Å². The Morgan fingerprint density at radius 2 is 1.71 bits per heavy atom. The summed E-state index contributed by atoms with van der Waals surface area (Å²) in [4.78, 5) is 0. The fourth-order valence-electron chi connectivity index (χ4n) is 4.70. The fourth-order valence-corrected chi connectivity index (χ4v) is 5.06. The zero-order valence-corrected chi connectivity index (χ0v) is 23.9. The summed E-state index contributed by atoms with van der Waals surface area (Å²) in [7, 11) is 0. The molecule has 0 spiro atoms. The van der Waals surface area contributed by atoms with E-state index in [2.05, 4.69) is 105 Å². The van der Waals surface area contributed by atoms with Crippen molar-refractivity contribution in [3.63, 3.8) is 0 Å². The van der Waals surface area contributed by atoms with Crippen molar-refractivity contribution in [2.75, 3.05) is 5.32 Å². The van der Waals surface area contributed by atoms with E-state index in [-0.39, 0.29) is 18.0 Å². The zero-order valence-electron chi connectivity index (χ0n) is 21.7. The number of benzene rings is 3. The van der Waals surface area contributed by atoms with Gasteiger partial charge in [-0.3, -0.25) is 5.10 Å². The predicted molar refractivity (Wildman–Crippen MR) is 160 cm³/mol. The molecule has 3 N–H and O–H groups in total. The molecule has 1 aromatic heterocycles. The van der Waals surface area contributed by atoms with Crippen molar-refractivity contribution >= 4 is 34.1 Å². The lowest BCUT2D eigenvalue weighted by Gasteiger charge is -2.36. The standard InChI is InChI=1S/C31H31IN6/c1-21(28(18-22-7-11-26(32)12-8-22)25-6-4-5-23(17-25)19-33)36-30(31(2,3)20-34)24-9-13-27(14-10-24)37-29-15-16-35-38-29/h4-17,21,28,30,36H,18H2,1-3H3,(H2,35,37,38)/t21-,28+,30?/m0/s1. The normalized spacial score (nSPS) is 13.6. The SMILES string of the molecule is C[C@H](NC(c1ccc(Nc2ccn[nH]2)cc1)C(C)(C)C#N)[C@@H](Cc1ccc(I)cc1)c1cccc(C#N)c1. The molecule has 7 heteroatoms. The van der Waals surface area contributed by atoms with Crippen molar-refractivity contribution in [2.24, 2.45) is 5.41 Å². The van der Waals surface area contributed by atoms with Gasteiger partial charge in [-0.2, -0.15) is 15.6 Å². The van der Waals surface area contributed by atoms with Gasteiger partial charge in [0.15, 0.2) is 0 Å². The minimum absolute atomic E-state index is 0.0173. The van der Waals surface area contributed by atoms with Gasteiger partial charge in [-0.25, -0.2) is 0 Å². The molecule has 3 aromatic carbocycles. The molecule has 0 aliphatic heterocycles. The first-order chi connectivity index (χ1) is 18.3. The van der Waals surface area contributed by atoms with Crippen LogP contribution >= 0.6 is 22.6 Å². The van der Waals surface area contributed by atoms with Gasteiger partial charge in [-0.1, -0.05) is 36.4 Å². The largest absolute Gasteiger partial charge is 0.341 e. The highest BCUT2D eigenvalue weighted by atomic mass is 127. The van der Waals surface area contributed by atoms with Crippen molar-refractivity contribution in [2.45, 2.75) is 45.2 Å². The molecule has 4 rings (SSSR count). The zero-order chi connectivity index (χ0) is 27.1. The smallest absolute Gasteiger partial charge is 0.125 e. The number of hydrogen-bond donors (Lipinski definition) is 3. The molecule has 6 nitrogen and oxygen atoms in total. The van der Waals surface area contributed by atoms with E-state index in [1.54, 1.807) is 6.20 Å². The summed E-state index contributed by atoms with van der Waals surface area (Å²) in [6, 6.07) is 31.1. The summed E-state index contributed by atoms with van der Waals surface area (Å²) in [5, 5.41) is 33.6. The molecule has 0 fully saturated rings. The molecular formula is C31H31IN6. The molecular weight excluding hydrogens is 583 g/mol. The van der Waals surface area contributed by atoms with Crippen molar-refractivity contribution in [1.82, 2.24) is 15.5 Å². The van der Waals surface area contributed by atoms with Crippen LogP contribution in [0.4, 0.5) is 11.5 Å². The van der Waals surface area contributed by atoms with E-state index in [4.69, 9.17) is 0 Å². The van der Waals surface area contributed by atoms with Crippen LogP contribution in [0.15, 0.2) is 85.1 Å². The minimum atomic E-state index is -0.658. The number of aromatic nitrogens is 2. The van der Waals surface area contributed by atoms with E-state index >= 15 is 0 Å². The van der Waals surface area contributed by atoms with Crippen LogP contribution in [-0.4, -0.2) is 16.2 Å². The van der Waals surface area contributed by atoms with E-state index < -0.39 is 5.41 Å². The Bertz CT molecular complexity index is 1410. The highest BCUT2D eigenvalue weighted by Crippen LogP contribution is 2.36. The third-order valence-corrected chi connectivity index (χ3v) is 7.60. The Balaban J connectivity index is 1.63. The summed E-state index contributed by atoms with van der Waals surface area (Å²) in [5.74, 6) is 0.915. The average Bonchev–Trinajstić information content (AvgIpc) is 3.45. The number of anilines is 2. The maximum absolute atomic E-state index is 10.1. The summed E-state index contributed by atoms with van der Waals surface area (Å²) < 4.78 is 1.20. The molecule has 0 amide bonds. The second-order valence-corrected chi connectivity index (χ2v) is 11.4. The van der Waals surface area contributed by atoms with Crippen molar-refractivity contribution in [3.8, 4) is 12.1 Å². The Kier molecular flexibility index (Phi) is 8.83. The molecule has 0 bridgehead atoms. The number of nitrogens with zero attached hydrogens (tertiary/aromatic N) is 3. The van der Waals surface area contributed by atoms with Gasteiger partial charge in [-0.05, 0) is 103 Å². The number of aromatic amines is 1. The second-order valence-electron chi connectivity index (χ2n) is 10.1. The molecule has 4 aromatic rings. The molecule has 0 radical (unpaired) electrons. The number of nitriles is 2. The van der Waals surface area contributed by atoms with Crippen LogP contribution < -0.4 is 10.6 Å². The quantitative estimate of drug-likeness (QED) is 0.164. The number of hydrogen-bond acceptors (Lipinski definition) is 5. The van der Waals surface area contributed by atoms with Crippen LogP contribution in [0.25, 0.3) is 0 Å². The topological polar surface area (TPSA) is 100 Å². The maximum atomic E-state index is 10.1. The average molecular weight is 615 g/mol. The van der Waals surface area contributed by atoms with Crippen LogP contribution in [0.2, 0.25) is 0 Å². The van der Waals surface area contributed by atoms with Gasteiger partial charge in [0, 0.05) is 27.3 Å². The van der Waals surface area contributed by atoms with Crippen molar-refractivity contribution < 1.29 is 0 Å². The monoisotopic (exact) mass is 614 g/mol. The van der Waals surface area contributed by atoms with E-state index in [1.165, 1.54) is 9.13 Å². The fraction of sp³-hybridized carbons (Fsp3) is 0.258. The van der Waals surface area contributed by atoms with E-state index in [0.717, 1.165) is 29.1 Å². The van der Waals surface area contributed by atoms with Gasteiger partial charge < -0.3 is 10.6 Å². The van der Waals surface area contributed by atoms with Gasteiger partial charge in [0.05, 0.1) is 35.4 Å². The lowest BCUT2D eigenvalue weighted by Crippen LogP contribution is -2.42. The molecule has 38 heavy (non-hydrogen) atoms. The van der Waals surface area contributed by atoms with E-state index in [1.807, 2.05) is 50.2 Å². The lowest BCUT2D eigenvalue weighted by atomic mass is 9.79. The molecule has 3 atom stereocenters. The molecule has 0 aliphatic rings. The lowest BCUT2D eigenvalue weighted by molar-refractivity contribution is 0.281. The van der Waals surface area contributed by atoms with Gasteiger partial charge >= 0.3 is 0 Å². The third kappa shape index (κ3) is 6.80. The predicted octanol–water partition coefficient (Wildman–Crippen LogP) is 7.23. The van der Waals surface area contributed by atoms with Crippen molar-refractivity contribution in [1.29, 1.82) is 10.5 Å². The third-order valence-electron chi connectivity index (χ3n) is 6.88. The molecule has 192 valence electrons. The van der Waals surface area contributed by atoms with E-state index in [9.17, 15) is 10.5 Å². The van der Waals surface area contributed by atoms with Crippen LogP contribution in [0.3, 0.4) is 0 Å². The second kappa shape index (κ2) is 12.3. The number of H-pyrrole nitrogens is 1. The molecule has 0 saturated carbocycles. The Morgan fingerprint density at radius 1 is 0.974 bits per heavy atom. The number of rotatable bonds is 10. The summed E-state index contributed by atoms with van der Waals surface area (Å²) in [5.41, 5.74) is 4.31. The van der Waals surface area contributed by atoms with Crippen LogP contribution in [-0.2, 0) is 6.42 Å². The first-order valence-corrected chi connectivity index (χ1v) is 13.6. The first-order valence-electron chi connectivity index (χ1n) is 12.6. The number of halogens is 1. The first kappa shape index (κ1) is 27.4. The molecule has 0 saturated heterocycles. The highest BCUT2D eigenvalue weighted by Gasteiger charge is 2.34. The van der Waals surface area contributed by atoms with Gasteiger partial charge in [0.25, 0.3) is 0 Å². The summed E-state index contributed by atoms with van der Waals surface area (Å²) in [6.45, 7) is 6.11. The van der Waals surface area contributed by atoms with Gasteiger partial charge in [-0.15, -0.1) is 0 Å². The van der Waals surface area contributed by atoms with Crippen LogP contribution in [0.1, 0.15) is 55.0 Å². The summed E-state index contributed by atoms with van der Waals surface area (Å²) >= 11 is 2.32. The molecule has 1 heterocycles. The van der Waals surface area contributed by atoms with Gasteiger partial charge in [0.1, 0.15) is 5.82 Å². The van der Waals surface area contributed by atoms with Crippen molar-refractivity contribution in [3.05, 3.63) is 111 Å². The van der Waals surface area contributed by atoms with Crippen LogP contribution in [0.5, 0.6) is 0 Å². The van der Waals surface area contributed by atoms with Crippen LogP contribution in [0, 0.1) is 31.6 Å². The molecule has 0 aliphatic carbocycles.